The number of rotatable bonds is 7. The van der Waals surface area contributed by atoms with Gasteiger partial charge in [0.15, 0.2) is 0 Å². The predicted molar refractivity (Wildman–Crippen MR) is 91.0 cm³/mol. The van der Waals surface area contributed by atoms with Gasteiger partial charge in [-0.3, -0.25) is 4.90 Å². The molecule has 2 rings (SSSR count). The molecule has 0 fully saturated rings. The molecule has 0 spiro atoms. The van der Waals surface area contributed by atoms with Crippen LogP contribution in [0.5, 0.6) is 5.75 Å². The van der Waals surface area contributed by atoms with Crippen LogP contribution in [0.15, 0.2) is 29.8 Å². The maximum absolute atomic E-state index is 5.72. The number of hydrogen-bond donors (Lipinski definition) is 1. The highest BCUT2D eigenvalue weighted by molar-refractivity contribution is 7.80. The lowest BCUT2D eigenvalue weighted by atomic mass is 10.2. The molecule has 0 unspecified atom stereocenters. The molecule has 0 bridgehead atoms. The summed E-state index contributed by atoms with van der Waals surface area (Å²) >= 11 is 6.61. The number of thiazole rings is 1. The lowest BCUT2D eigenvalue weighted by Crippen LogP contribution is -2.23. The van der Waals surface area contributed by atoms with Crippen LogP contribution in [-0.2, 0) is 6.54 Å². The van der Waals surface area contributed by atoms with Gasteiger partial charge < -0.3 is 10.5 Å². The second-order valence-electron chi connectivity index (χ2n) is 4.84. The van der Waals surface area contributed by atoms with E-state index in [1.807, 2.05) is 36.7 Å². The summed E-state index contributed by atoms with van der Waals surface area (Å²) in [5.74, 6) is 0.831. The van der Waals surface area contributed by atoms with E-state index < -0.39 is 0 Å². The second-order valence-corrected chi connectivity index (χ2v) is 6.21. The van der Waals surface area contributed by atoms with Gasteiger partial charge in [0.25, 0.3) is 0 Å². The zero-order valence-electron chi connectivity index (χ0n) is 12.2. The normalized spacial score (nSPS) is 10.8. The third-order valence-corrected chi connectivity index (χ3v) is 4.29. The fraction of sp³-hybridized carbons (Fsp3) is 0.333. The van der Waals surface area contributed by atoms with Crippen LogP contribution in [0.25, 0.3) is 0 Å². The van der Waals surface area contributed by atoms with Crippen molar-refractivity contribution in [2.24, 2.45) is 5.73 Å². The number of aryl methyl sites for hydroxylation is 1. The fourth-order valence-corrected chi connectivity index (χ4v) is 2.83. The van der Waals surface area contributed by atoms with Crippen molar-refractivity contribution in [2.45, 2.75) is 13.5 Å². The van der Waals surface area contributed by atoms with Crippen molar-refractivity contribution < 1.29 is 4.74 Å². The van der Waals surface area contributed by atoms with Crippen LogP contribution < -0.4 is 10.5 Å². The largest absolute Gasteiger partial charge is 0.492 e. The van der Waals surface area contributed by atoms with Crippen molar-refractivity contribution in [1.29, 1.82) is 0 Å². The van der Waals surface area contributed by atoms with Gasteiger partial charge in [-0.05, 0) is 38.2 Å². The number of hydrogen-bond acceptors (Lipinski definition) is 5. The summed E-state index contributed by atoms with van der Waals surface area (Å²) in [7, 11) is 2.08. The highest BCUT2D eigenvalue weighted by Gasteiger charge is 2.06. The van der Waals surface area contributed by atoms with Crippen molar-refractivity contribution in [3.63, 3.8) is 0 Å². The van der Waals surface area contributed by atoms with E-state index >= 15 is 0 Å². The minimum Gasteiger partial charge on any atom is -0.492 e. The number of benzene rings is 1. The summed E-state index contributed by atoms with van der Waals surface area (Å²) in [5, 5.41) is 0. The van der Waals surface area contributed by atoms with E-state index in [1.165, 1.54) is 4.88 Å². The lowest BCUT2D eigenvalue weighted by molar-refractivity contribution is 0.233. The number of thiocarbonyl (C=S) groups is 1. The van der Waals surface area contributed by atoms with E-state index in [2.05, 4.69) is 16.9 Å². The lowest BCUT2D eigenvalue weighted by Gasteiger charge is -2.16. The van der Waals surface area contributed by atoms with Crippen LogP contribution in [0.3, 0.4) is 0 Å². The first-order valence-electron chi connectivity index (χ1n) is 6.66. The zero-order chi connectivity index (χ0) is 15.2. The molecule has 0 aliphatic rings. The third kappa shape index (κ3) is 4.77. The van der Waals surface area contributed by atoms with E-state index in [-0.39, 0.29) is 0 Å². The molecule has 2 N–H and O–H groups in total. The van der Waals surface area contributed by atoms with Crippen molar-refractivity contribution in [2.75, 3.05) is 20.2 Å². The first kappa shape index (κ1) is 15.9. The molecule has 6 heteroatoms. The summed E-state index contributed by atoms with van der Waals surface area (Å²) in [6.45, 7) is 4.44. The topological polar surface area (TPSA) is 51.4 Å². The van der Waals surface area contributed by atoms with Crippen LogP contribution in [0.1, 0.15) is 16.1 Å². The molecule has 1 aromatic carbocycles. The van der Waals surface area contributed by atoms with Crippen LogP contribution in [0.4, 0.5) is 0 Å². The standard InChI is InChI=1S/C15H19N3OS2/c1-11-14(21-10-17-11)9-18(2)7-8-19-13-5-3-12(4-6-13)15(16)20/h3-6,10H,7-9H2,1-2H3,(H2,16,20). The molecular formula is C15H19N3OS2. The maximum Gasteiger partial charge on any atom is 0.119 e. The summed E-state index contributed by atoms with van der Waals surface area (Å²) in [6, 6.07) is 7.54. The number of likely N-dealkylation sites (N-methyl/N-ethyl adjacent to an activating group) is 1. The summed E-state index contributed by atoms with van der Waals surface area (Å²) in [5.41, 5.74) is 9.42. The molecule has 2 aromatic rings. The van der Waals surface area contributed by atoms with Gasteiger partial charge in [-0.25, -0.2) is 4.98 Å². The van der Waals surface area contributed by atoms with Crippen molar-refractivity contribution in [3.8, 4) is 5.75 Å². The van der Waals surface area contributed by atoms with Crippen molar-refractivity contribution >= 4 is 28.5 Å². The minimum absolute atomic E-state index is 0.404. The van der Waals surface area contributed by atoms with Gasteiger partial charge >= 0.3 is 0 Å². The molecule has 0 amide bonds. The Kier molecular flexibility index (Phi) is 5.67. The van der Waals surface area contributed by atoms with Gasteiger partial charge in [0.2, 0.25) is 0 Å². The van der Waals surface area contributed by atoms with Gasteiger partial charge in [-0.1, -0.05) is 12.2 Å². The average Bonchev–Trinajstić information content (AvgIpc) is 2.85. The molecule has 0 aliphatic heterocycles. The molecule has 112 valence electrons. The molecule has 1 aromatic heterocycles. The molecule has 4 nitrogen and oxygen atoms in total. The highest BCUT2D eigenvalue weighted by atomic mass is 32.1. The van der Waals surface area contributed by atoms with Crippen LogP contribution in [0.2, 0.25) is 0 Å². The third-order valence-electron chi connectivity index (χ3n) is 3.14. The highest BCUT2D eigenvalue weighted by Crippen LogP contribution is 2.15. The van der Waals surface area contributed by atoms with Crippen LogP contribution >= 0.6 is 23.6 Å². The van der Waals surface area contributed by atoms with Gasteiger partial charge in [-0.15, -0.1) is 11.3 Å². The minimum atomic E-state index is 0.404. The van der Waals surface area contributed by atoms with Gasteiger partial charge in [0.1, 0.15) is 17.3 Å². The summed E-state index contributed by atoms with van der Waals surface area (Å²) in [4.78, 5) is 8.19. The Labute approximate surface area is 134 Å². The molecule has 1 heterocycles. The summed E-state index contributed by atoms with van der Waals surface area (Å²) in [6.07, 6.45) is 0. The Balaban J connectivity index is 1.76. The van der Waals surface area contributed by atoms with E-state index in [0.717, 1.165) is 30.1 Å². The first-order chi connectivity index (χ1) is 10.1. The Morgan fingerprint density at radius 3 is 2.67 bits per heavy atom. The van der Waals surface area contributed by atoms with E-state index in [0.29, 0.717) is 11.6 Å². The molecule has 0 radical (unpaired) electrons. The fourth-order valence-electron chi connectivity index (χ4n) is 1.84. The maximum atomic E-state index is 5.72. The van der Waals surface area contributed by atoms with Crippen molar-refractivity contribution in [1.82, 2.24) is 9.88 Å². The number of aromatic nitrogens is 1. The number of ether oxygens (including phenoxy) is 1. The zero-order valence-corrected chi connectivity index (χ0v) is 13.8. The van der Waals surface area contributed by atoms with Gasteiger partial charge in [0.05, 0.1) is 11.2 Å². The van der Waals surface area contributed by atoms with E-state index in [9.17, 15) is 0 Å². The Bertz CT molecular complexity index is 595. The van der Waals surface area contributed by atoms with Crippen molar-refractivity contribution in [3.05, 3.63) is 45.9 Å². The molecule has 0 saturated heterocycles. The van der Waals surface area contributed by atoms with Crippen LogP contribution in [0, 0.1) is 6.92 Å². The monoisotopic (exact) mass is 321 g/mol. The SMILES string of the molecule is Cc1ncsc1CN(C)CCOc1ccc(C(N)=S)cc1. The molecule has 0 aliphatic carbocycles. The second kappa shape index (κ2) is 7.49. The number of nitrogens with two attached hydrogens (primary N) is 1. The smallest absolute Gasteiger partial charge is 0.119 e. The quantitative estimate of drug-likeness (QED) is 0.795. The Morgan fingerprint density at radius 1 is 1.38 bits per heavy atom. The van der Waals surface area contributed by atoms with E-state index in [1.54, 1.807) is 11.3 Å². The molecular weight excluding hydrogens is 302 g/mol. The Morgan fingerprint density at radius 2 is 2.10 bits per heavy atom. The predicted octanol–water partition coefficient (Wildman–Crippen LogP) is 2.60. The first-order valence-corrected chi connectivity index (χ1v) is 7.95. The molecule has 21 heavy (non-hydrogen) atoms. The molecule has 0 atom stereocenters. The molecule has 0 saturated carbocycles. The average molecular weight is 321 g/mol. The van der Waals surface area contributed by atoms with Gasteiger partial charge in [0, 0.05) is 23.5 Å². The van der Waals surface area contributed by atoms with Gasteiger partial charge in [-0.2, -0.15) is 0 Å². The van der Waals surface area contributed by atoms with E-state index in [4.69, 9.17) is 22.7 Å². The summed E-state index contributed by atoms with van der Waals surface area (Å²) < 4.78 is 5.72. The number of nitrogens with zero attached hydrogens (tertiary/aromatic N) is 2. The Hall–Kier alpha value is -1.50. The van der Waals surface area contributed by atoms with Crippen LogP contribution in [-0.4, -0.2) is 35.1 Å².